The number of aromatic nitrogens is 3. The highest BCUT2D eigenvalue weighted by Crippen LogP contribution is 2.37. The SMILES string of the molecule is COCc1cn(C[C@H]2C[C@H]3CCN2C[C@@H]3C(=O)NCc2ccc3c(c2)OCO3)nn1. The molecule has 0 saturated carbocycles. The molecule has 2 bridgehead atoms. The number of nitrogens with zero attached hydrogens (tertiary/aromatic N) is 4. The van der Waals surface area contributed by atoms with E-state index in [1.807, 2.05) is 29.1 Å². The topological polar surface area (TPSA) is 90.7 Å². The van der Waals surface area contributed by atoms with E-state index in [1.165, 1.54) is 0 Å². The van der Waals surface area contributed by atoms with Crippen molar-refractivity contribution in [2.45, 2.75) is 38.6 Å². The summed E-state index contributed by atoms with van der Waals surface area (Å²) in [5.74, 6) is 2.11. The Balaban J connectivity index is 1.16. The number of rotatable bonds is 7. The van der Waals surface area contributed by atoms with Crippen LogP contribution in [0.25, 0.3) is 0 Å². The molecule has 4 aliphatic heterocycles. The van der Waals surface area contributed by atoms with Crippen molar-refractivity contribution in [3.8, 4) is 11.5 Å². The van der Waals surface area contributed by atoms with E-state index in [-0.39, 0.29) is 18.6 Å². The summed E-state index contributed by atoms with van der Waals surface area (Å²) in [5.41, 5.74) is 1.86. The van der Waals surface area contributed by atoms with E-state index in [2.05, 4.69) is 20.5 Å². The van der Waals surface area contributed by atoms with Crippen LogP contribution in [0, 0.1) is 11.8 Å². The summed E-state index contributed by atoms with van der Waals surface area (Å²) in [6, 6.07) is 6.20. The van der Waals surface area contributed by atoms with Crippen LogP contribution >= 0.6 is 0 Å². The first-order chi connectivity index (χ1) is 14.7. The normalized spacial score (nSPS) is 26.7. The molecule has 0 aliphatic carbocycles. The molecule has 160 valence electrons. The van der Waals surface area contributed by atoms with E-state index in [0.717, 1.165) is 55.2 Å². The maximum absolute atomic E-state index is 12.9. The average Bonchev–Trinajstić information content (AvgIpc) is 3.41. The maximum atomic E-state index is 12.9. The minimum atomic E-state index is 0.0452. The molecule has 2 aromatic rings. The summed E-state index contributed by atoms with van der Waals surface area (Å²) in [6.45, 7) is 3.89. The predicted molar refractivity (Wildman–Crippen MR) is 107 cm³/mol. The zero-order valence-corrected chi connectivity index (χ0v) is 17.1. The Morgan fingerprint density at radius 2 is 2.23 bits per heavy atom. The van der Waals surface area contributed by atoms with Crippen molar-refractivity contribution < 1.29 is 19.0 Å². The Kier molecular flexibility index (Phi) is 5.30. The fraction of sp³-hybridized carbons (Fsp3) is 0.571. The van der Waals surface area contributed by atoms with Crippen molar-refractivity contribution in [3.05, 3.63) is 35.7 Å². The molecule has 0 spiro atoms. The standard InChI is InChI=1S/C21H27N5O4/c1-28-12-16-9-26(24-23-16)10-17-7-15-4-5-25(17)11-18(15)21(27)22-8-14-2-3-19-20(6-14)30-13-29-19/h2-3,6,9,15,17-18H,4-5,7-8,10-13H2,1H3,(H,22,27)/t15-,17-,18+/m1/s1. The van der Waals surface area contributed by atoms with Crippen LogP contribution in [-0.2, 0) is 29.2 Å². The fourth-order valence-electron chi connectivity index (χ4n) is 4.85. The molecule has 4 aliphatic rings. The number of nitrogens with one attached hydrogen (secondary N) is 1. The van der Waals surface area contributed by atoms with Crippen LogP contribution in [0.3, 0.4) is 0 Å². The van der Waals surface area contributed by atoms with Gasteiger partial charge < -0.3 is 19.5 Å². The fourth-order valence-corrected chi connectivity index (χ4v) is 4.85. The van der Waals surface area contributed by atoms with Gasteiger partial charge in [-0.15, -0.1) is 5.10 Å². The number of amides is 1. The van der Waals surface area contributed by atoms with Crippen molar-refractivity contribution in [3.63, 3.8) is 0 Å². The Morgan fingerprint density at radius 1 is 1.33 bits per heavy atom. The van der Waals surface area contributed by atoms with Gasteiger partial charge in [0.25, 0.3) is 0 Å². The van der Waals surface area contributed by atoms with Crippen molar-refractivity contribution in [1.29, 1.82) is 0 Å². The molecule has 1 aromatic carbocycles. The van der Waals surface area contributed by atoms with E-state index >= 15 is 0 Å². The summed E-state index contributed by atoms with van der Waals surface area (Å²) < 4.78 is 17.8. The maximum Gasteiger partial charge on any atom is 0.231 e. The Bertz CT molecular complexity index is 917. The summed E-state index contributed by atoms with van der Waals surface area (Å²) >= 11 is 0. The quantitative estimate of drug-likeness (QED) is 0.729. The van der Waals surface area contributed by atoms with Crippen LogP contribution < -0.4 is 14.8 Å². The Labute approximate surface area is 175 Å². The highest BCUT2D eigenvalue weighted by molar-refractivity contribution is 5.79. The molecule has 1 amide bonds. The summed E-state index contributed by atoms with van der Waals surface area (Å²) in [4.78, 5) is 15.3. The number of carbonyl (C=O) groups excluding carboxylic acids is 1. The molecule has 30 heavy (non-hydrogen) atoms. The Morgan fingerprint density at radius 3 is 3.07 bits per heavy atom. The molecular formula is C21H27N5O4. The second-order valence-electron chi connectivity index (χ2n) is 8.31. The lowest BCUT2D eigenvalue weighted by Crippen LogP contribution is -2.58. The van der Waals surface area contributed by atoms with Crippen molar-refractivity contribution >= 4 is 5.91 Å². The van der Waals surface area contributed by atoms with E-state index < -0.39 is 0 Å². The van der Waals surface area contributed by atoms with Gasteiger partial charge in [0, 0.05) is 26.2 Å². The third-order valence-corrected chi connectivity index (χ3v) is 6.40. The number of fused-ring (bicyclic) bond motifs is 4. The second-order valence-corrected chi connectivity index (χ2v) is 8.31. The highest BCUT2D eigenvalue weighted by Gasteiger charge is 2.43. The van der Waals surface area contributed by atoms with Crippen LogP contribution in [0.1, 0.15) is 24.1 Å². The van der Waals surface area contributed by atoms with Gasteiger partial charge in [-0.05, 0) is 43.0 Å². The Hall–Kier alpha value is -2.65. The molecule has 1 unspecified atom stereocenters. The van der Waals surface area contributed by atoms with Crippen molar-refractivity contribution in [1.82, 2.24) is 25.2 Å². The van der Waals surface area contributed by atoms with Gasteiger partial charge in [0.2, 0.25) is 12.7 Å². The number of ether oxygens (including phenoxy) is 3. The van der Waals surface area contributed by atoms with Crippen LogP contribution in [0.5, 0.6) is 11.5 Å². The lowest BCUT2D eigenvalue weighted by atomic mass is 9.75. The summed E-state index contributed by atoms with van der Waals surface area (Å²) in [5, 5.41) is 11.5. The zero-order valence-electron chi connectivity index (χ0n) is 17.1. The molecule has 3 saturated heterocycles. The molecule has 3 fully saturated rings. The number of benzene rings is 1. The van der Waals surface area contributed by atoms with Gasteiger partial charge in [0.1, 0.15) is 5.69 Å². The third kappa shape index (κ3) is 3.87. The molecule has 9 heteroatoms. The summed E-state index contributed by atoms with van der Waals surface area (Å²) in [6.07, 6.45) is 4.04. The minimum Gasteiger partial charge on any atom is -0.454 e. The lowest BCUT2D eigenvalue weighted by Gasteiger charge is -2.49. The monoisotopic (exact) mass is 413 g/mol. The van der Waals surface area contributed by atoms with Gasteiger partial charge in [0.05, 0.1) is 25.3 Å². The van der Waals surface area contributed by atoms with E-state index in [9.17, 15) is 4.79 Å². The number of hydrogen-bond donors (Lipinski definition) is 1. The molecule has 1 N–H and O–H groups in total. The average molecular weight is 413 g/mol. The van der Waals surface area contributed by atoms with Gasteiger partial charge in [-0.3, -0.25) is 14.4 Å². The first kappa shape index (κ1) is 19.3. The molecule has 5 heterocycles. The zero-order chi connectivity index (χ0) is 20.5. The van der Waals surface area contributed by atoms with E-state index in [0.29, 0.717) is 25.1 Å². The minimum absolute atomic E-state index is 0.0452. The number of hydrogen-bond acceptors (Lipinski definition) is 7. The van der Waals surface area contributed by atoms with Crippen LogP contribution in [-0.4, -0.2) is 58.8 Å². The van der Waals surface area contributed by atoms with Crippen LogP contribution in [0.4, 0.5) is 0 Å². The molecular weight excluding hydrogens is 386 g/mol. The molecule has 9 nitrogen and oxygen atoms in total. The van der Waals surface area contributed by atoms with E-state index in [4.69, 9.17) is 14.2 Å². The highest BCUT2D eigenvalue weighted by atomic mass is 16.7. The second kappa shape index (κ2) is 8.23. The first-order valence-electron chi connectivity index (χ1n) is 10.5. The largest absolute Gasteiger partial charge is 0.454 e. The first-order valence-corrected chi connectivity index (χ1v) is 10.5. The van der Waals surface area contributed by atoms with Crippen LogP contribution in [0.2, 0.25) is 0 Å². The molecule has 0 radical (unpaired) electrons. The molecule has 1 aromatic heterocycles. The number of methoxy groups -OCH3 is 1. The molecule has 6 rings (SSSR count). The van der Waals surface area contributed by atoms with Crippen molar-refractivity contribution in [2.75, 3.05) is 27.0 Å². The predicted octanol–water partition coefficient (Wildman–Crippen LogP) is 1.18. The third-order valence-electron chi connectivity index (χ3n) is 6.40. The van der Waals surface area contributed by atoms with Gasteiger partial charge in [-0.1, -0.05) is 11.3 Å². The lowest BCUT2D eigenvalue weighted by molar-refractivity contribution is -0.133. The van der Waals surface area contributed by atoms with Crippen LogP contribution in [0.15, 0.2) is 24.4 Å². The number of carbonyl (C=O) groups is 1. The van der Waals surface area contributed by atoms with Gasteiger partial charge in [-0.2, -0.15) is 0 Å². The molecule has 4 atom stereocenters. The van der Waals surface area contributed by atoms with Gasteiger partial charge in [0.15, 0.2) is 11.5 Å². The summed E-state index contributed by atoms with van der Waals surface area (Å²) in [7, 11) is 1.66. The van der Waals surface area contributed by atoms with Gasteiger partial charge in [-0.25, -0.2) is 0 Å². The smallest absolute Gasteiger partial charge is 0.231 e. The van der Waals surface area contributed by atoms with E-state index in [1.54, 1.807) is 7.11 Å². The van der Waals surface area contributed by atoms with Gasteiger partial charge >= 0.3 is 0 Å². The number of piperidine rings is 3. The van der Waals surface area contributed by atoms with Crippen molar-refractivity contribution in [2.24, 2.45) is 11.8 Å².